The predicted octanol–water partition coefficient (Wildman–Crippen LogP) is 2.60. The van der Waals surface area contributed by atoms with Crippen LogP contribution in [0.2, 0.25) is 0 Å². The zero-order chi connectivity index (χ0) is 22.4. The van der Waals surface area contributed by atoms with Gasteiger partial charge in [0.15, 0.2) is 0 Å². The summed E-state index contributed by atoms with van der Waals surface area (Å²) >= 11 is 0. The Morgan fingerprint density at radius 3 is 2.65 bits per heavy atom. The number of aliphatic carboxylic acids is 1. The van der Waals surface area contributed by atoms with Gasteiger partial charge in [-0.15, -0.1) is 0 Å². The maximum atomic E-state index is 10.6. The maximum Gasteiger partial charge on any atom is 0.490 e. The van der Waals surface area contributed by atoms with Crippen molar-refractivity contribution in [3.05, 3.63) is 54.5 Å². The maximum absolute atomic E-state index is 10.6. The van der Waals surface area contributed by atoms with Crippen LogP contribution in [0.4, 0.5) is 13.2 Å². The van der Waals surface area contributed by atoms with Gasteiger partial charge in [0.25, 0.3) is 0 Å². The molecule has 3 aromatic heterocycles. The molecule has 0 saturated heterocycles. The summed E-state index contributed by atoms with van der Waals surface area (Å²) in [5.41, 5.74) is 0. The quantitative estimate of drug-likeness (QED) is 0.651. The molecule has 168 valence electrons. The van der Waals surface area contributed by atoms with Gasteiger partial charge < -0.3 is 14.1 Å². The van der Waals surface area contributed by atoms with Crippen molar-refractivity contribution >= 4 is 5.97 Å². The van der Waals surface area contributed by atoms with Crippen molar-refractivity contribution in [3.63, 3.8) is 0 Å². The highest BCUT2D eigenvalue weighted by Crippen LogP contribution is 2.20. The summed E-state index contributed by atoms with van der Waals surface area (Å²) in [6, 6.07) is 4.16. The van der Waals surface area contributed by atoms with E-state index in [4.69, 9.17) is 14.3 Å². The number of carbonyl (C=O) groups is 1. The van der Waals surface area contributed by atoms with Crippen LogP contribution < -0.4 is 0 Å². The fraction of sp³-hybridized carbons (Fsp3) is 0.474. The van der Waals surface area contributed by atoms with Crippen LogP contribution in [0, 0.1) is 5.92 Å². The zero-order valence-corrected chi connectivity index (χ0v) is 16.9. The second-order valence-electron chi connectivity index (χ2n) is 7.17. The normalized spacial score (nSPS) is 16.8. The van der Waals surface area contributed by atoms with Gasteiger partial charge in [-0.2, -0.15) is 18.3 Å². The fourth-order valence-electron chi connectivity index (χ4n) is 3.37. The van der Waals surface area contributed by atoms with Crippen molar-refractivity contribution in [2.75, 3.05) is 6.54 Å². The first-order chi connectivity index (χ1) is 14.7. The van der Waals surface area contributed by atoms with Crippen molar-refractivity contribution in [2.24, 2.45) is 5.92 Å². The average molecular weight is 440 g/mol. The van der Waals surface area contributed by atoms with Gasteiger partial charge in [0.1, 0.15) is 30.0 Å². The number of alkyl halides is 3. The van der Waals surface area contributed by atoms with E-state index >= 15 is 0 Å². The van der Waals surface area contributed by atoms with Crippen LogP contribution in [-0.2, 0) is 37.4 Å². The van der Waals surface area contributed by atoms with Gasteiger partial charge >= 0.3 is 12.1 Å². The molecule has 4 rings (SSSR count). The highest BCUT2D eigenvalue weighted by molar-refractivity contribution is 5.73. The van der Waals surface area contributed by atoms with E-state index in [0.29, 0.717) is 5.92 Å². The lowest BCUT2D eigenvalue weighted by atomic mass is 10.1. The number of furan rings is 1. The van der Waals surface area contributed by atoms with Crippen LogP contribution in [0.1, 0.15) is 24.3 Å². The van der Waals surface area contributed by atoms with Crippen LogP contribution in [0.25, 0.3) is 0 Å². The Labute approximate surface area is 176 Å². The van der Waals surface area contributed by atoms with Gasteiger partial charge in [-0.25, -0.2) is 14.8 Å². The summed E-state index contributed by atoms with van der Waals surface area (Å²) in [5.74, 6) is 0.862. The van der Waals surface area contributed by atoms with E-state index in [1.807, 2.05) is 10.9 Å². The molecule has 1 aliphatic heterocycles. The van der Waals surface area contributed by atoms with Gasteiger partial charge in [0, 0.05) is 44.4 Å². The molecule has 0 amide bonds. The number of nitrogens with zero attached hydrogens (tertiary/aromatic N) is 6. The molecule has 0 saturated carbocycles. The second kappa shape index (κ2) is 9.77. The molecule has 0 aliphatic carbocycles. The Morgan fingerprint density at radius 1 is 1.29 bits per heavy atom. The smallest absolute Gasteiger partial charge is 0.475 e. The SMILES string of the molecule is CCc1ccc(CN2Cc3nccn3CC(Cn3cncn3)C2)o1.O=C(O)C(F)(F)F. The molecular weight excluding hydrogens is 417 g/mol. The Balaban J connectivity index is 0.000000339. The molecule has 0 bridgehead atoms. The minimum Gasteiger partial charge on any atom is -0.475 e. The standard InChI is InChI=1S/C17H22N6O.C2HF3O2/c1-2-15-3-4-16(24-15)10-21-7-14(9-23-13-18-12-20-23)8-22-6-5-19-17(22)11-21;3-2(4,5)1(6)7/h3-6,12-14H,2,7-11H2,1H3;(H,6,7). The summed E-state index contributed by atoms with van der Waals surface area (Å²) in [4.78, 5) is 19.9. The third-order valence-corrected chi connectivity index (χ3v) is 4.74. The highest BCUT2D eigenvalue weighted by atomic mass is 19.4. The Hall–Kier alpha value is -3.15. The Morgan fingerprint density at radius 2 is 2.03 bits per heavy atom. The van der Waals surface area contributed by atoms with E-state index < -0.39 is 12.1 Å². The van der Waals surface area contributed by atoms with E-state index in [2.05, 4.69) is 49.8 Å². The Bertz CT molecular complexity index is 967. The third kappa shape index (κ3) is 6.41. The topological polar surface area (TPSA) is 102 Å². The Kier molecular flexibility index (Phi) is 7.10. The number of halogens is 3. The van der Waals surface area contributed by atoms with Crippen LogP contribution in [0.15, 0.2) is 41.6 Å². The van der Waals surface area contributed by atoms with Gasteiger partial charge in [-0.3, -0.25) is 9.58 Å². The number of hydrogen-bond donors (Lipinski definition) is 1. The summed E-state index contributed by atoms with van der Waals surface area (Å²) in [7, 11) is 0. The first-order valence-corrected chi connectivity index (χ1v) is 9.67. The number of rotatable bonds is 5. The van der Waals surface area contributed by atoms with Crippen molar-refractivity contribution in [3.8, 4) is 0 Å². The molecule has 1 aliphatic rings. The minimum atomic E-state index is -5.08. The lowest BCUT2D eigenvalue weighted by molar-refractivity contribution is -0.192. The molecule has 0 radical (unpaired) electrons. The molecule has 0 fully saturated rings. The van der Waals surface area contributed by atoms with Crippen LogP contribution in [0.5, 0.6) is 0 Å². The van der Waals surface area contributed by atoms with E-state index in [1.165, 1.54) is 0 Å². The number of fused-ring (bicyclic) bond motifs is 1. The summed E-state index contributed by atoms with van der Waals surface area (Å²) < 4.78 is 41.8. The molecule has 4 heterocycles. The molecule has 1 unspecified atom stereocenters. The number of carboxylic acid groups (broad SMARTS) is 1. The molecule has 1 N–H and O–H groups in total. The van der Waals surface area contributed by atoms with Gasteiger partial charge in [0.2, 0.25) is 0 Å². The van der Waals surface area contributed by atoms with Gasteiger partial charge in [-0.1, -0.05) is 6.92 Å². The minimum absolute atomic E-state index is 0.447. The van der Waals surface area contributed by atoms with E-state index in [-0.39, 0.29) is 0 Å². The second-order valence-corrected chi connectivity index (χ2v) is 7.17. The zero-order valence-electron chi connectivity index (χ0n) is 16.9. The number of aromatic nitrogens is 5. The predicted molar refractivity (Wildman–Crippen MR) is 102 cm³/mol. The van der Waals surface area contributed by atoms with Gasteiger partial charge in [-0.05, 0) is 12.1 Å². The summed E-state index contributed by atoms with van der Waals surface area (Å²) in [6.45, 7) is 6.53. The number of carboxylic acids is 1. The lowest BCUT2D eigenvalue weighted by Crippen LogP contribution is -2.30. The fourth-order valence-corrected chi connectivity index (χ4v) is 3.37. The largest absolute Gasteiger partial charge is 0.490 e. The number of imidazole rings is 1. The van der Waals surface area contributed by atoms with Crippen molar-refractivity contribution in [2.45, 2.75) is 45.7 Å². The molecular formula is C19H23F3N6O3. The van der Waals surface area contributed by atoms with Crippen LogP contribution in [0.3, 0.4) is 0 Å². The van der Waals surface area contributed by atoms with E-state index in [9.17, 15) is 13.2 Å². The molecule has 12 heteroatoms. The monoisotopic (exact) mass is 440 g/mol. The average Bonchev–Trinajstić information content (AvgIpc) is 3.44. The molecule has 0 spiro atoms. The molecule has 0 aromatic carbocycles. The molecule has 3 aromatic rings. The van der Waals surface area contributed by atoms with Crippen LogP contribution in [-0.4, -0.2) is 53.0 Å². The molecule has 31 heavy (non-hydrogen) atoms. The molecule has 1 atom stereocenters. The molecule has 9 nitrogen and oxygen atoms in total. The van der Waals surface area contributed by atoms with Gasteiger partial charge in [0.05, 0.1) is 13.1 Å². The lowest BCUT2D eigenvalue weighted by Gasteiger charge is -2.22. The first-order valence-electron chi connectivity index (χ1n) is 9.67. The summed E-state index contributed by atoms with van der Waals surface area (Å²) in [6.07, 6.45) is 3.17. The van der Waals surface area contributed by atoms with Crippen LogP contribution >= 0.6 is 0 Å². The summed E-state index contributed by atoms with van der Waals surface area (Å²) in [5, 5.41) is 11.4. The third-order valence-electron chi connectivity index (χ3n) is 4.74. The van der Waals surface area contributed by atoms with E-state index in [0.717, 1.165) is 56.5 Å². The highest BCUT2D eigenvalue weighted by Gasteiger charge is 2.38. The number of hydrogen-bond acceptors (Lipinski definition) is 6. The first kappa shape index (κ1) is 22.5. The van der Waals surface area contributed by atoms with Crippen molar-refractivity contribution < 1.29 is 27.5 Å². The van der Waals surface area contributed by atoms with Crippen molar-refractivity contribution in [1.82, 2.24) is 29.2 Å². The van der Waals surface area contributed by atoms with E-state index in [1.54, 1.807) is 12.7 Å². The number of aryl methyl sites for hydroxylation is 1. The van der Waals surface area contributed by atoms with Crippen molar-refractivity contribution in [1.29, 1.82) is 0 Å².